The van der Waals surface area contributed by atoms with Gasteiger partial charge in [-0.15, -0.1) is 0 Å². The monoisotopic (exact) mass is 436 g/mol. The summed E-state index contributed by atoms with van der Waals surface area (Å²) < 4.78 is 26.2. The van der Waals surface area contributed by atoms with E-state index >= 15 is 0 Å². The molecule has 1 heterocycles. The highest BCUT2D eigenvalue weighted by molar-refractivity contribution is 9.10. The minimum absolute atomic E-state index is 0.151. The lowest BCUT2D eigenvalue weighted by Gasteiger charge is -2.29. The van der Waals surface area contributed by atoms with Gasteiger partial charge in [-0.3, -0.25) is 9.10 Å². The molecule has 2 aromatic carbocycles. The lowest BCUT2D eigenvalue weighted by Crippen LogP contribution is -2.35. The summed E-state index contributed by atoms with van der Waals surface area (Å²) >= 11 is 3.50. The van der Waals surface area contributed by atoms with Gasteiger partial charge in [-0.05, 0) is 55.2 Å². The first-order valence-corrected chi connectivity index (χ1v) is 11.1. The number of sulfonamides is 1. The van der Waals surface area contributed by atoms with Crippen LogP contribution in [-0.2, 0) is 16.4 Å². The Balaban J connectivity index is 1.82. The molecule has 0 aliphatic carbocycles. The lowest BCUT2D eigenvalue weighted by atomic mass is 10.00. The summed E-state index contributed by atoms with van der Waals surface area (Å²) in [7, 11) is -3.30. The van der Waals surface area contributed by atoms with Gasteiger partial charge in [0.25, 0.3) is 5.91 Å². The van der Waals surface area contributed by atoms with E-state index in [1.807, 2.05) is 31.2 Å². The molecule has 0 saturated heterocycles. The van der Waals surface area contributed by atoms with Gasteiger partial charge in [-0.2, -0.15) is 0 Å². The normalized spacial score (nSPS) is 15.3. The number of anilines is 1. The van der Waals surface area contributed by atoms with Crippen LogP contribution >= 0.6 is 15.9 Å². The number of benzene rings is 2. The SMILES string of the molecule is CC(NC(=O)c1ccc2c(c1)CCCN2S(C)(=O)=O)c1ccccc1Br. The molecule has 0 aromatic heterocycles. The van der Waals surface area contributed by atoms with Crippen molar-refractivity contribution in [1.29, 1.82) is 0 Å². The summed E-state index contributed by atoms with van der Waals surface area (Å²) in [5, 5.41) is 3.00. The summed E-state index contributed by atoms with van der Waals surface area (Å²) in [6.45, 7) is 2.41. The van der Waals surface area contributed by atoms with Crippen molar-refractivity contribution in [3.8, 4) is 0 Å². The van der Waals surface area contributed by atoms with E-state index in [9.17, 15) is 13.2 Å². The zero-order valence-electron chi connectivity index (χ0n) is 14.7. The van der Waals surface area contributed by atoms with Gasteiger partial charge in [0.1, 0.15) is 0 Å². The van der Waals surface area contributed by atoms with Crippen LogP contribution in [0.2, 0.25) is 0 Å². The predicted octanol–water partition coefficient (Wildman–Crippen LogP) is 3.65. The van der Waals surface area contributed by atoms with Gasteiger partial charge in [-0.25, -0.2) is 8.42 Å². The number of carbonyl (C=O) groups is 1. The van der Waals surface area contributed by atoms with Crippen molar-refractivity contribution < 1.29 is 13.2 Å². The van der Waals surface area contributed by atoms with Gasteiger partial charge in [0.05, 0.1) is 18.0 Å². The van der Waals surface area contributed by atoms with Crippen molar-refractivity contribution in [3.05, 3.63) is 63.6 Å². The minimum atomic E-state index is -3.30. The Morgan fingerprint density at radius 2 is 1.96 bits per heavy atom. The molecule has 1 aliphatic heterocycles. The molecular formula is C19H21BrN2O3S. The van der Waals surface area contributed by atoms with Crippen molar-refractivity contribution in [2.24, 2.45) is 0 Å². The molecular weight excluding hydrogens is 416 g/mol. The standard InChI is InChI=1S/C19H21BrN2O3S/c1-13(16-7-3-4-8-17(16)20)21-19(23)15-9-10-18-14(12-15)6-5-11-22(18)26(2,24)25/h3-4,7-10,12-13H,5-6,11H2,1-2H3,(H,21,23). The van der Waals surface area contributed by atoms with Crippen LogP contribution in [0, 0.1) is 0 Å². The first-order valence-electron chi connectivity index (χ1n) is 8.43. The van der Waals surface area contributed by atoms with E-state index in [-0.39, 0.29) is 11.9 Å². The summed E-state index contributed by atoms with van der Waals surface area (Å²) in [4.78, 5) is 12.6. The predicted molar refractivity (Wildman–Crippen MR) is 107 cm³/mol. The van der Waals surface area contributed by atoms with E-state index in [0.29, 0.717) is 17.8 Å². The highest BCUT2D eigenvalue weighted by Gasteiger charge is 2.25. The Kier molecular flexibility index (Phi) is 5.39. The number of hydrogen-bond acceptors (Lipinski definition) is 3. The number of amides is 1. The van der Waals surface area contributed by atoms with Gasteiger partial charge < -0.3 is 5.32 Å². The van der Waals surface area contributed by atoms with Gasteiger partial charge in [-0.1, -0.05) is 34.1 Å². The molecule has 1 atom stereocenters. The summed E-state index contributed by atoms with van der Waals surface area (Å²) in [6.07, 6.45) is 2.73. The molecule has 1 aliphatic rings. The van der Waals surface area contributed by atoms with Crippen LogP contribution in [0.1, 0.15) is 40.9 Å². The molecule has 26 heavy (non-hydrogen) atoms. The first kappa shape index (κ1) is 18.9. The second-order valence-corrected chi connectivity index (χ2v) is 9.26. The number of fused-ring (bicyclic) bond motifs is 1. The van der Waals surface area contributed by atoms with Crippen LogP contribution in [0.25, 0.3) is 0 Å². The molecule has 0 spiro atoms. The fourth-order valence-electron chi connectivity index (χ4n) is 3.23. The molecule has 0 fully saturated rings. The molecule has 0 radical (unpaired) electrons. The van der Waals surface area contributed by atoms with E-state index in [2.05, 4.69) is 21.2 Å². The highest BCUT2D eigenvalue weighted by atomic mass is 79.9. The fourth-order valence-corrected chi connectivity index (χ4v) is 4.86. The van der Waals surface area contributed by atoms with Crippen LogP contribution in [0.4, 0.5) is 5.69 Å². The molecule has 7 heteroatoms. The van der Waals surface area contributed by atoms with Crippen molar-refractivity contribution in [1.82, 2.24) is 5.32 Å². The van der Waals surface area contributed by atoms with E-state index in [4.69, 9.17) is 0 Å². The average Bonchev–Trinajstić information content (AvgIpc) is 2.60. The Morgan fingerprint density at radius 1 is 1.23 bits per heavy atom. The van der Waals surface area contributed by atoms with Gasteiger partial charge >= 0.3 is 0 Å². The third kappa shape index (κ3) is 3.94. The van der Waals surface area contributed by atoms with E-state index in [1.54, 1.807) is 18.2 Å². The van der Waals surface area contributed by atoms with Crippen LogP contribution in [-0.4, -0.2) is 27.1 Å². The largest absolute Gasteiger partial charge is 0.345 e. The zero-order valence-corrected chi connectivity index (χ0v) is 17.1. The van der Waals surface area contributed by atoms with Crippen LogP contribution < -0.4 is 9.62 Å². The van der Waals surface area contributed by atoms with Crippen LogP contribution in [0.15, 0.2) is 46.9 Å². The smallest absolute Gasteiger partial charge is 0.251 e. The summed E-state index contributed by atoms with van der Waals surface area (Å²) in [5.74, 6) is -0.174. The molecule has 2 aromatic rings. The molecule has 138 valence electrons. The minimum Gasteiger partial charge on any atom is -0.345 e. The molecule has 1 amide bonds. The zero-order chi connectivity index (χ0) is 18.9. The second kappa shape index (κ2) is 7.40. The van der Waals surface area contributed by atoms with Crippen molar-refractivity contribution in [3.63, 3.8) is 0 Å². The van der Waals surface area contributed by atoms with Crippen LogP contribution in [0.3, 0.4) is 0 Å². The second-order valence-electron chi connectivity index (χ2n) is 6.50. The summed E-state index contributed by atoms with van der Waals surface area (Å²) in [5.41, 5.74) is 3.11. The number of carbonyl (C=O) groups excluding carboxylic acids is 1. The highest BCUT2D eigenvalue weighted by Crippen LogP contribution is 2.30. The Morgan fingerprint density at radius 3 is 2.65 bits per heavy atom. The maximum absolute atomic E-state index is 12.6. The lowest BCUT2D eigenvalue weighted by molar-refractivity contribution is 0.0939. The number of nitrogens with zero attached hydrogens (tertiary/aromatic N) is 1. The number of halogens is 1. The number of rotatable bonds is 4. The van der Waals surface area contributed by atoms with E-state index < -0.39 is 10.0 Å². The summed E-state index contributed by atoms with van der Waals surface area (Å²) in [6, 6.07) is 12.8. The number of aryl methyl sites for hydroxylation is 1. The fraction of sp³-hybridized carbons (Fsp3) is 0.316. The van der Waals surface area contributed by atoms with Gasteiger partial charge in [0, 0.05) is 16.6 Å². The van der Waals surface area contributed by atoms with Crippen molar-refractivity contribution in [2.75, 3.05) is 17.1 Å². The maximum atomic E-state index is 12.6. The van der Waals surface area contributed by atoms with E-state index in [1.165, 1.54) is 10.6 Å². The maximum Gasteiger partial charge on any atom is 0.251 e. The third-order valence-corrected chi connectivity index (χ3v) is 6.44. The Hall–Kier alpha value is -1.86. The molecule has 5 nitrogen and oxygen atoms in total. The molecule has 1 unspecified atom stereocenters. The van der Waals surface area contributed by atoms with Gasteiger partial charge in [0.2, 0.25) is 10.0 Å². The molecule has 1 N–H and O–H groups in total. The van der Waals surface area contributed by atoms with Crippen LogP contribution in [0.5, 0.6) is 0 Å². The first-order chi connectivity index (χ1) is 12.3. The topological polar surface area (TPSA) is 66.5 Å². The van der Waals surface area contributed by atoms with Crippen molar-refractivity contribution in [2.45, 2.75) is 25.8 Å². The number of hydrogen-bond donors (Lipinski definition) is 1. The van der Waals surface area contributed by atoms with Gasteiger partial charge in [0.15, 0.2) is 0 Å². The number of nitrogens with one attached hydrogen (secondary N) is 1. The average molecular weight is 437 g/mol. The van der Waals surface area contributed by atoms with Crippen molar-refractivity contribution >= 4 is 37.5 Å². The third-order valence-electron chi connectivity index (χ3n) is 4.54. The molecule has 0 saturated carbocycles. The Labute approximate surface area is 162 Å². The Bertz CT molecular complexity index is 944. The quantitative estimate of drug-likeness (QED) is 0.794. The van der Waals surface area contributed by atoms with E-state index in [0.717, 1.165) is 28.4 Å². The molecule has 3 rings (SSSR count). The molecule has 0 bridgehead atoms.